The third kappa shape index (κ3) is 5.43. The van der Waals surface area contributed by atoms with Crippen LogP contribution in [0, 0.1) is 12.3 Å². The van der Waals surface area contributed by atoms with E-state index in [0.717, 1.165) is 64.8 Å². The third-order valence-electron chi connectivity index (χ3n) is 7.85. The highest BCUT2D eigenvalue weighted by Gasteiger charge is 2.43. The highest BCUT2D eigenvalue weighted by molar-refractivity contribution is 6.01. The summed E-state index contributed by atoms with van der Waals surface area (Å²) in [5.41, 5.74) is 5.99. The lowest BCUT2D eigenvalue weighted by Crippen LogP contribution is -2.34. The molecule has 0 saturated heterocycles. The third-order valence-corrected chi connectivity index (χ3v) is 7.85. The number of ketones is 1. The Morgan fingerprint density at radius 3 is 2.42 bits per heavy atom. The number of para-hydroxylation sites is 1. The lowest BCUT2D eigenvalue weighted by Gasteiger charge is -2.38. The van der Waals surface area contributed by atoms with Gasteiger partial charge in [-0.2, -0.15) is 5.10 Å². The van der Waals surface area contributed by atoms with E-state index in [0.29, 0.717) is 6.42 Å². The van der Waals surface area contributed by atoms with Crippen LogP contribution in [-0.2, 0) is 4.79 Å². The molecule has 1 aromatic heterocycles. The van der Waals surface area contributed by atoms with Crippen LogP contribution >= 0.6 is 0 Å². The number of nitrogens with zero attached hydrogens (tertiary/aromatic N) is 2. The van der Waals surface area contributed by atoms with Crippen LogP contribution in [0.3, 0.4) is 0 Å². The number of nitrogens with one attached hydrogen (secondary N) is 1. The number of aryl methyl sites for hydroxylation is 1. The van der Waals surface area contributed by atoms with Gasteiger partial charge in [-0.25, -0.2) is 4.68 Å². The molecule has 5 heteroatoms. The van der Waals surface area contributed by atoms with Crippen molar-refractivity contribution in [3.05, 3.63) is 82.7 Å². The molecule has 5 nitrogen and oxygen atoms in total. The molecule has 0 radical (unpaired) electrons. The molecule has 0 spiro atoms. The molecular weight excluding hydrogens is 470 g/mol. The SMILES string of the molecule is CCCCCCCCOc1ccc([C@@H]2C3=C(CC(C)(C)CC3=O)Nc3c2c(C)nn3-c2ccccc2)cc1. The summed E-state index contributed by atoms with van der Waals surface area (Å²) in [7, 11) is 0. The first kappa shape index (κ1) is 26.3. The summed E-state index contributed by atoms with van der Waals surface area (Å²) >= 11 is 0. The van der Waals surface area contributed by atoms with Crippen molar-refractivity contribution in [1.29, 1.82) is 0 Å². The Hall–Kier alpha value is -3.34. The molecule has 0 unspecified atom stereocenters. The number of aromatic nitrogens is 2. The Balaban J connectivity index is 1.44. The van der Waals surface area contributed by atoms with E-state index >= 15 is 0 Å². The van der Waals surface area contributed by atoms with Crippen LogP contribution in [0.5, 0.6) is 5.75 Å². The number of carbonyl (C=O) groups is 1. The minimum atomic E-state index is -0.144. The van der Waals surface area contributed by atoms with Crippen molar-refractivity contribution >= 4 is 11.6 Å². The number of rotatable bonds is 10. The van der Waals surface area contributed by atoms with Crippen molar-refractivity contribution in [2.45, 2.75) is 85.0 Å². The maximum Gasteiger partial charge on any atom is 0.162 e. The smallest absolute Gasteiger partial charge is 0.162 e. The van der Waals surface area contributed by atoms with E-state index < -0.39 is 0 Å². The summed E-state index contributed by atoms with van der Waals surface area (Å²) in [6.07, 6.45) is 8.90. The Morgan fingerprint density at radius 1 is 0.974 bits per heavy atom. The molecule has 200 valence electrons. The van der Waals surface area contributed by atoms with Crippen LogP contribution in [-0.4, -0.2) is 22.2 Å². The molecule has 1 N–H and O–H groups in total. The van der Waals surface area contributed by atoms with Gasteiger partial charge in [0, 0.05) is 29.2 Å². The maximum atomic E-state index is 13.6. The number of Topliss-reactive ketones (excluding diaryl/α,β-unsaturated/α-hetero) is 1. The maximum absolute atomic E-state index is 13.6. The Labute approximate surface area is 227 Å². The van der Waals surface area contributed by atoms with E-state index in [1.165, 1.54) is 32.1 Å². The molecule has 0 bridgehead atoms. The van der Waals surface area contributed by atoms with E-state index in [4.69, 9.17) is 9.84 Å². The number of fused-ring (bicyclic) bond motifs is 1. The van der Waals surface area contributed by atoms with E-state index in [1.54, 1.807) is 0 Å². The van der Waals surface area contributed by atoms with Gasteiger partial charge in [-0.15, -0.1) is 0 Å². The minimum absolute atomic E-state index is 0.0775. The number of allylic oxidation sites excluding steroid dienone is 2. The Kier molecular flexibility index (Phi) is 7.73. The van der Waals surface area contributed by atoms with Crippen LogP contribution in [0.2, 0.25) is 0 Å². The summed E-state index contributed by atoms with van der Waals surface area (Å²) in [6, 6.07) is 18.6. The molecule has 0 saturated carbocycles. The van der Waals surface area contributed by atoms with E-state index in [1.807, 2.05) is 29.8 Å². The zero-order valence-electron chi connectivity index (χ0n) is 23.3. The van der Waals surface area contributed by atoms with Gasteiger partial charge in [-0.1, -0.05) is 83.2 Å². The molecule has 2 heterocycles. The topological polar surface area (TPSA) is 56.1 Å². The van der Waals surface area contributed by atoms with Gasteiger partial charge < -0.3 is 10.1 Å². The first-order valence-corrected chi connectivity index (χ1v) is 14.3. The van der Waals surface area contributed by atoms with Gasteiger partial charge >= 0.3 is 0 Å². The second kappa shape index (κ2) is 11.2. The Morgan fingerprint density at radius 2 is 1.68 bits per heavy atom. The number of benzene rings is 2. The van der Waals surface area contributed by atoms with E-state index in [9.17, 15) is 4.79 Å². The summed E-state index contributed by atoms with van der Waals surface area (Å²) in [5.74, 6) is 1.94. The number of unbranched alkanes of at least 4 members (excludes halogenated alkanes) is 5. The van der Waals surface area contributed by atoms with Gasteiger partial charge in [0.05, 0.1) is 18.0 Å². The van der Waals surface area contributed by atoms with Crippen LogP contribution in [0.25, 0.3) is 5.69 Å². The summed E-state index contributed by atoms with van der Waals surface area (Å²) < 4.78 is 8.05. The largest absolute Gasteiger partial charge is 0.494 e. The lowest BCUT2D eigenvalue weighted by atomic mass is 9.69. The average Bonchev–Trinajstić information content (AvgIpc) is 3.23. The van der Waals surface area contributed by atoms with Crippen LogP contribution < -0.4 is 10.1 Å². The fraction of sp³-hybridized carbons (Fsp3) is 0.455. The molecule has 1 atom stereocenters. The van der Waals surface area contributed by atoms with E-state index in [-0.39, 0.29) is 17.1 Å². The number of hydrogen-bond donors (Lipinski definition) is 1. The highest BCUT2D eigenvalue weighted by Crippen LogP contribution is 2.50. The van der Waals surface area contributed by atoms with Crippen LogP contribution in [0.1, 0.15) is 94.9 Å². The quantitative estimate of drug-likeness (QED) is 0.279. The number of ether oxygens (including phenoxy) is 1. The van der Waals surface area contributed by atoms with Gasteiger partial charge in [0.1, 0.15) is 11.6 Å². The van der Waals surface area contributed by atoms with Gasteiger partial charge in [-0.05, 0) is 55.0 Å². The molecule has 1 aliphatic carbocycles. The monoisotopic (exact) mass is 511 g/mol. The first-order chi connectivity index (χ1) is 18.4. The predicted octanol–water partition coefficient (Wildman–Crippen LogP) is 8.12. The standard InChI is InChI=1S/C33H41N3O2/c1-5-6-7-8-9-13-20-38-26-18-16-24(17-19-26)30-29-23(2)35-36(25-14-11-10-12-15-25)32(29)34-27-21-33(3,4)22-28(37)31(27)30/h10-12,14-19,30,34H,5-9,13,20-22H2,1-4H3/t30-/m0/s1. The summed E-state index contributed by atoms with van der Waals surface area (Å²) in [6.45, 7) is 9.39. The first-order valence-electron chi connectivity index (χ1n) is 14.3. The molecule has 0 fully saturated rings. The molecule has 3 aromatic rings. The molecule has 2 aromatic carbocycles. The van der Waals surface area contributed by atoms with Crippen molar-refractivity contribution in [1.82, 2.24) is 9.78 Å². The van der Waals surface area contributed by atoms with Crippen LogP contribution in [0.15, 0.2) is 65.9 Å². The molecule has 2 aliphatic rings. The molecule has 1 aliphatic heterocycles. The minimum Gasteiger partial charge on any atom is -0.494 e. The zero-order chi connectivity index (χ0) is 26.7. The predicted molar refractivity (Wildman–Crippen MR) is 154 cm³/mol. The van der Waals surface area contributed by atoms with Crippen molar-refractivity contribution in [2.24, 2.45) is 5.41 Å². The van der Waals surface area contributed by atoms with Gasteiger partial charge in [0.25, 0.3) is 0 Å². The summed E-state index contributed by atoms with van der Waals surface area (Å²) in [4.78, 5) is 13.6. The zero-order valence-corrected chi connectivity index (χ0v) is 23.3. The van der Waals surface area contributed by atoms with Crippen molar-refractivity contribution in [2.75, 3.05) is 11.9 Å². The van der Waals surface area contributed by atoms with Crippen molar-refractivity contribution < 1.29 is 9.53 Å². The van der Waals surface area contributed by atoms with Gasteiger partial charge in [0.15, 0.2) is 5.78 Å². The molecule has 0 amide bonds. The summed E-state index contributed by atoms with van der Waals surface area (Å²) in [5, 5.41) is 8.61. The number of hydrogen-bond acceptors (Lipinski definition) is 4. The van der Waals surface area contributed by atoms with Crippen molar-refractivity contribution in [3.63, 3.8) is 0 Å². The van der Waals surface area contributed by atoms with E-state index in [2.05, 4.69) is 62.5 Å². The van der Waals surface area contributed by atoms with Gasteiger partial charge in [0.2, 0.25) is 0 Å². The average molecular weight is 512 g/mol. The van der Waals surface area contributed by atoms with Gasteiger partial charge in [-0.3, -0.25) is 4.79 Å². The molecular formula is C33H41N3O2. The number of anilines is 1. The number of carbonyl (C=O) groups excluding carboxylic acids is 1. The fourth-order valence-corrected chi connectivity index (χ4v) is 5.99. The van der Waals surface area contributed by atoms with Crippen LogP contribution in [0.4, 0.5) is 5.82 Å². The molecule has 38 heavy (non-hydrogen) atoms. The second-order valence-corrected chi connectivity index (χ2v) is 11.7. The lowest BCUT2D eigenvalue weighted by molar-refractivity contribution is -0.118. The highest BCUT2D eigenvalue weighted by atomic mass is 16.5. The van der Waals surface area contributed by atoms with Crippen molar-refractivity contribution in [3.8, 4) is 11.4 Å². The fourth-order valence-electron chi connectivity index (χ4n) is 5.99. The molecule has 5 rings (SSSR count). The second-order valence-electron chi connectivity index (χ2n) is 11.7. The Bertz CT molecular complexity index is 1300. The normalized spacial score (nSPS) is 18.1.